The number of hydrogen-bond acceptors (Lipinski definition) is 6. The number of nitro benzene ring substituents is 1. The number of anilines is 1. The highest BCUT2D eigenvalue weighted by Gasteiger charge is 2.40. The number of nitro groups is 1. The lowest BCUT2D eigenvalue weighted by Gasteiger charge is -2.46. The Morgan fingerprint density at radius 2 is 1.38 bits per heavy atom. The molecule has 1 heterocycles. The number of carbonyl (C=O) groups excluding carboxylic acids is 1. The van der Waals surface area contributed by atoms with E-state index in [1.165, 1.54) is 12.1 Å². The smallest absolute Gasteiger partial charge is 0.270 e. The maximum Gasteiger partial charge on any atom is 0.270 e. The van der Waals surface area contributed by atoms with E-state index in [2.05, 4.69) is 20.8 Å². The topological polar surface area (TPSA) is 85.1 Å². The standard InChI is InChI=1S/C30H26BrN3O5/c1-38-27-16-23(25(31)17-28(27)39-2)29-32(18-20-9-5-3-6-10-20)26-14-13-22(34(36)37)15-24(26)30(35)33(29)19-21-11-7-4-8-12-21/h3-17,29H,18-19H2,1-2H3/t29-/m1/s1. The number of non-ortho nitro benzene ring substituents is 1. The normalized spacial score (nSPS) is 14.6. The van der Waals surface area contributed by atoms with Crippen molar-refractivity contribution in [2.24, 2.45) is 0 Å². The van der Waals surface area contributed by atoms with Crippen LogP contribution in [-0.4, -0.2) is 29.9 Å². The zero-order valence-corrected chi connectivity index (χ0v) is 23.0. The summed E-state index contributed by atoms with van der Waals surface area (Å²) in [4.78, 5) is 29.2. The van der Waals surface area contributed by atoms with Gasteiger partial charge in [-0.05, 0) is 29.3 Å². The zero-order chi connectivity index (χ0) is 27.5. The lowest BCUT2D eigenvalue weighted by Crippen LogP contribution is -2.49. The van der Waals surface area contributed by atoms with Gasteiger partial charge in [-0.3, -0.25) is 14.9 Å². The Morgan fingerprint density at radius 1 is 0.821 bits per heavy atom. The fraction of sp³-hybridized carbons (Fsp3) is 0.167. The first-order valence-electron chi connectivity index (χ1n) is 12.3. The molecule has 0 spiro atoms. The maximum absolute atomic E-state index is 14.2. The molecule has 4 aromatic rings. The van der Waals surface area contributed by atoms with Gasteiger partial charge in [-0.15, -0.1) is 0 Å². The Labute approximate surface area is 234 Å². The molecule has 1 atom stereocenters. The number of nitrogens with zero attached hydrogens (tertiary/aromatic N) is 3. The Bertz CT molecular complexity index is 1510. The highest BCUT2D eigenvalue weighted by Crippen LogP contribution is 2.46. The zero-order valence-electron chi connectivity index (χ0n) is 21.4. The summed E-state index contributed by atoms with van der Waals surface area (Å²) in [6.45, 7) is 0.744. The number of methoxy groups -OCH3 is 2. The largest absolute Gasteiger partial charge is 0.493 e. The molecule has 8 nitrogen and oxygen atoms in total. The minimum Gasteiger partial charge on any atom is -0.493 e. The van der Waals surface area contributed by atoms with E-state index in [1.807, 2.05) is 72.8 Å². The highest BCUT2D eigenvalue weighted by molar-refractivity contribution is 9.10. The number of fused-ring (bicyclic) bond motifs is 1. The maximum atomic E-state index is 14.2. The SMILES string of the molecule is COc1cc(Br)c([C@H]2N(Cc3ccccc3)C(=O)c3cc([N+](=O)[O-])ccc3N2Cc2ccccc2)cc1OC. The summed E-state index contributed by atoms with van der Waals surface area (Å²) >= 11 is 3.71. The number of ether oxygens (including phenoxy) is 2. The molecule has 5 rings (SSSR count). The van der Waals surface area contributed by atoms with E-state index in [-0.39, 0.29) is 17.2 Å². The van der Waals surface area contributed by atoms with Gasteiger partial charge in [-0.1, -0.05) is 76.6 Å². The lowest BCUT2D eigenvalue weighted by molar-refractivity contribution is -0.384. The van der Waals surface area contributed by atoms with Crippen LogP contribution >= 0.6 is 15.9 Å². The Balaban J connectivity index is 1.75. The molecule has 0 saturated heterocycles. The fourth-order valence-corrected chi connectivity index (χ4v) is 5.45. The van der Waals surface area contributed by atoms with E-state index in [9.17, 15) is 14.9 Å². The minimum absolute atomic E-state index is 0.132. The second kappa shape index (κ2) is 11.2. The molecule has 0 radical (unpaired) electrons. The molecule has 1 amide bonds. The average Bonchev–Trinajstić information content (AvgIpc) is 2.96. The third-order valence-electron chi connectivity index (χ3n) is 6.75. The summed E-state index contributed by atoms with van der Waals surface area (Å²) in [6.07, 6.45) is -0.568. The van der Waals surface area contributed by atoms with Crippen molar-refractivity contribution in [3.05, 3.63) is 128 Å². The van der Waals surface area contributed by atoms with Crippen molar-refractivity contribution >= 4 is 33.2 Å². The van der Waals surface area contributed by atoms with Crippen LogP contribution in [0.15, 0.2) is 95.5 Å². The molecular weight excluding hydrogens is 562 g/mol. The van der Waals surface area contributed by atoms with Gasteiger partial charge < -0.3 is 19.3 Å². The summed E-state index contributed by atoms with van der Waals surface area (Å²) in [5, 5.41) is 11.6. The molecule has 0 saturated carbocycles. The average molecular weight is 588 g/mol. The Kier molecular flexibility index (Phi) is 7.51. The molecule has 0 fully saturated rings. The van der Waals surface area contributed by atoms with Gasteiger partial charge in [0.1, 0.15) is 6.17 Å². The van der Waals surface area contributed by atoms with Crippen molar-refractivity contribution in [3.8, 4) is 11.5 Å². The predicted octanol–water partition coefficient (Wildman–Crippen LogP) is 6.74. The van der Waals surface area contributed by atoms with Crippen molar-refractivity contribution < 1.29 is 19.2 Å². The van der Waals surface area contributed by atoms with E-state index in [4.69, 9.17) is 9.47 Å². The number of rotatable bonds is 8. The van der Waals surface area contributed by atoms with E-state index in [1.54, 1.807) is 25.2 Å². The van der Waals surface area contributed by atoms with Crippen molar-refractivity contribution in [1.29, 1.82) is 0 Å². The van der Waals surface area contributed by atoms with E-state index in [0.717, 1.165) is 21.2 Å². The minimum atomic E-state index is -0.568. The van der Waals surface area contributed by atoms with E-state index in [0.29, 0.717) is 30.3 Å². The number of benzene rings is 4. The monoisotopic (exact) mass is 587 g/mol. The summed E-state index contributed by atoms with van der Waals surface area (Å²) in [5.41, 5.74) is 3.51. The first-order chi connectivity index (χ1) is 18.9. The van der Waals surface area contributed by atoms with E-state index >= 15 is 0 Å². The van der Waals surface area contributed by atoms with Gasteiger partial charge in [0.05, 0.1) is 30.4 Å². The molecule has 1 aliphatic heterocycles. The third kappa shape index (κ3) is 5.18. The van der Waals surface area contributed by atoms with Crippen LogP contribution in [0.25, 0.3) is 0 Å². The molecule has 1 aliphatic rings. The van der Waals surface area contributed by atoms with Crippen molar-refractivity contribution in [1.82, 2.24) is 4.90 Å². The molecule has 9 heteroatoms. The summed E-state index contributed by atoms with van der Waals surface area (Å²) < 4.78 is 11.9. The first kappa shape index (κ1) is 26.2. The molecule has 39 heavy (non-hydrogen) atoms. The quantitative estimate of drug-likeness (QED) is 0.168. The van der Waals surface area contributed by atoms with Crippen molar-refractivity contribution in [2.45, 2.75) is 19.3 Å². The predicted molar refractivity (Wildman–Crippen MR) is 152 cm³/mol. The molecule has 0 unspecified atom stereocenters. The van der Waals surface area contributed by atoms with Gasteiger partial charge in [0.25, 0.3) is 11.6 Å². The van der Waals surface area contributed by atoms with Gasteiger partial charge in [-0.2, -0.15) is 0 Å². The van der Waals surface area contributed by atoms with Crippen LogP contribution in [0.2, 0.25) is 0 Å². The first-order valence-corrected chi connectivity index (χ1v) is 13.1. The number of carbonyl (C=O) groups is 1. The van der Waals surface area contributed by atoms with Gasteiger partial charge in [0.15, 0.2) is 11.5 Å². The van der Waals surface area contributed by atoms with Crippen LogP contribution in [-0.2, 0) is 13.1 Å². The summed E-state index contributed by atoms with van der Waals surface area (Å²) in [7, 11) is 3.14. The van der Waals surface area contributed by atoms with Gasteiger partial charge in [0.2, 0.25) is 0 Å². The number of hydrogen-bond donors (Lipinski definition) is 0. The number of halogens is 1. The van der Waals surface area contributed by atoms with Crippen LogP contribution in [0.1, 0.15) is 33.2 Å². The number of amides is 1. The second-order valence-electron chi connectivity index (χ2n) is 9.09. The van der Waals surface area contributed by atoms with Gasteiger partial charge in [-0.25, -0.2) is 0 Å². The molecule has 0 aliphatic carbocycles. The molecule has 4 aromatic carbocycles. The van der Waals surface area contributed by atoms with Crippen LogP contribution in [0.4, 0.5) is 11.4 Å². The summed E-state index contributed by atoms with van der Waals surface area (Å²) in [6, 6.07) is 27.8. The van der Waals surface area contributed by atoms with Crippen molar-refractivity contribution in [2.75, 3.05) is 19.1 Å². The molecule has 0 aromatic heterocycles. The molecule has 198 valence electrons. The van der Waals surface area contributed by atoms with E-state index < -0.39 is 11.1 Å². The lowest BCUT2D eigenvalue weighted by atomic mass is 9.98. The molecule has 0 bridgehead atoms. The van der Waals surface area contributed by atoms with Crippen LogP contribution < -0.4 is 14.4 Å². The Hall–Kier alpha value is -4.37. The van der Waals surface area contributed by atoms with Crippen LogP contribution in [0.5, 0.6) is 11.5 Å². The van der Waals surface area contributed by atoms with Crippen LogP contribution in [0.3, 0.4) is 0 Å². The third-order valence-corrected chi connectivity index (χ3v) is 7.44. The second-order valence-corrected chi connectivity index (χ2v) is 9.95. The highest BCUT2D eigenvalue weighted by atomic mass is 79.9. The van der Waals surface area contributed by atoms with Crippen LogP contribution in [0, 0.1) is 10.1 Å². The van der Waals surface area contributed by atoms with Crippen molar-refractivity contribution in [3.63, 3.8) is 0 Å². The van der Waals surface area contributed by atoms with Gasteiger partial charge in [0, 0.05) is 35.3 Å². The summed E-state index contributed by atoms with van der Waals surface area (Å²) in [5.74, 6) is 0.779. The Morgan fingerprint density at radius 3 is 1.95 bits per heavy atom. The fourth-order valence-electron chi connectivity index (χ4n) is 4.92. The molecular formula is C30H26BrN3O5. The van der Waals surface area contributed by atoms with Gasteiger partial charge >= 0.3 is 0 Å². The molecule has 0 N–H and O–H groups in total.